The average molecular weight is 539 g/mol. The normalized spacial score (nSPS) is 19.2. The molecule has 5 rings (SSSR count). The summed E-state index contributed by atoms with van der Waals surface area (Å²) in [7, 11) is 0. The number of hydrogen-bond donors (Lipinski definition) is 3. The standard InChI is InChI=1S/C27H31ClN6O4/c1-27(2,3)38-26(37)34-13-16-12-29-23(31-22(16)14-34)25(36)33-20-7-5-4-6-19(20)32-24(35)21-11-15-10-17(28)8-9-18(15)30-21/h8-12,19-20,30H,4-7,13-14H2,1-3H3,(H,32,35)(H,33,36)/t19-,20+/m0/s1. The van der Waals surface area contributed by atoms with Gasteiger partial charge in [0.25, 0.3) is 11.8 Å². The predicted octanol–water partition coefficient (Wildman–Crippen LogP) is 4.33. The molecule has 3 heterocycles. The highest BCUT2D eigenvalue weighted by Gasteiger charge is 2.32. The maximum Gasteiger partial charge on any atom is 0.410 e. The lowest BCUT2D eigenvalue weighted by atomic mass is 9.90. The highest BCUT2D eigenvalue weighted by atomic mass is 35.5. The van der Waals surface area contributed by atoms with E-state index >= 15 is 0 Å². The Morgan fingerprint density at radius 3 is 2.47 bits per heavy atom. The van der Waals surface area contributed by atoms with Crippen LogP contribution in [-0.4, -0.2) is 55.4 Å². The van der Waals surface area contributed by atoms with Crippen LogP contribution in [0.2, 0.25) is 5.02 Å². The molecule has 0 bridgehead atoms. The topological polar surface area (TPSA) is 129 Å². The quantitative estimate of drug-likeness (QED) is 0.453. The number of ether oxygens (including phenoxy) is 1. The highest BCUT2D eigenvalue weighted by molar-refractivity contribution is 6.31. The molecule has 3 aromatic rings. The first kappa shape index (κ1) is 26.0. The van der Waals surface area contributed by atoms with E-state index in [1.165, 1.54) is 4.90 Å². The lowest BCUT2D eigenvalue weighted by molar-refractivity contribution is 0.0240. The summed E-state index contributed by atoms with van der Waals surface area (Å²) < 4.78 is 5.45. The van der Waals surface area contributed by atoms with E-state index in [4.69, 9.17) is 16.3 Å². The Bertz CT molecular complexity index is 1400. The van der Waals surface area contributed by atoms with Gasteiger partial charge in [0.2, 0.25) is 5.82 Å². The van der Waals surface area contributed by atoms with Crippen LogP contribution in [0.4, 0.5) is 4.79 Å². The van der Waals surface area contributed by atoms with E-state index in [9.17, 15) is 14.4 Å². The van der Waals surface area contributed by atoms with E-state index in [2.05, 4.69) is 25.6 Å². The van der Waals surface area contributed by atoms with Gasteiger partial charge >= 0.3 is 6.09 Å². The summed E-state index contributed by atoms with van der Waals surface area (Å²) in [6, 6.07) is 6.69. The molecule has 1 fully saturated rings. The minimum absolute atomic E-state index is 0.0398. The lowest BCUT2D eigenvalue weighted by Crippen LogP contribution is -2.53. The van der Waals surface area contributed by atoms with Crippen molar-refractivity contribution in [3.8, 4) is 0 Å². The van der Waals surface area contributed by atoms with Crippen molar-refractivity contribution in [1.29, 1.82) is 0 Å². The van der Waals surface area contributed by atoms with Gasteiger partial charge in [0.15, 0.2) is 0 Å². The number of rotatable bonds is 4. The van der Waals surface area contributed by atoms with E-state index in [1.54, 1.807) is 24.4 Å². The first-order valence-corrected chi connectivity index (χ1v) is 13.2. The van der Waals surface area contributed by atoms with Crippen LogP contribution in [0.5, 0.6) is 0 Å². The molecule has 0 unspecified atom stereocenters. The molecule has 1 saturated carbocycles. The molecule has 2 aliphatic rings. The Labute approximate surface area is 225 Å². The van der Waals surface area contributed by atoms with Crippen molar-refractivity contribution in [1.82, 2.24) is 30.5 Å². The van der Waals surface area contributed by atoms with Crippen LogP contribution in [0.1, 0.15) is 78.8 Å². The van der Waals surface area contributed by atoms with Crippen LogP contribution >= 0.6 is 11.6 Å². The second kappa shape index (κ2) is 10.2. The number of fused-ring (bicyclic) bond motifs is 2. The highest BCUT2D eigenvalue weighted by Crippen LogP contribution is 2.24. The SMILES string of the molecule is CC(C)(C)OC(=O)N1Cc2cnc(C(=O)N[C@@H]3CCCC[C@@H]3NC(=O)c3cc4cc(Cl)ccc4[nH]3)nc2C1. The van der Waals surface area contributed by atoms with Crippen molar-refractivity contribution in [2.75, 3.05) is 0 Å². The monoisotopic (exact) mass is 538 g/mol. The zero-order valence-corrected chi connectivity index (χ0v) is 22.4. The van der Waals surface area contributed by atoms with Crippen molar-refractivity contribution in [3.63, 3.8) is 0 Å². The molecule has 38 heavy (non-hydrogen) atoms. The second-order valence-electron chi connectivity index (χ2n) is 10.9. The van der Waals surface area contributed by atoms with Gasteiger partial charge in [0.05, 0.1) is 18.8 Å². The van der Waals surface area contributed by atoms with Gasteiger partial charge in [0.1, 0.15) is 11.3 Å². The third-order valence-electron chi connectivity index (χ3n) is 6.74. The maximum absolute atomic E-state index is 13.1. The van der Waals surface area contributed by atoms with Gasteiger partial charge in [-0.1, -0.05) is 24.4 Å². The summed E-state index contributed by atoms with van der Waals surface area (Å²) in [4.78, 5) is 51.9. The van der Waals surface area contributed by atoms with Crippen molar-refractivity contribution in [3.05, 3.63) is 58.3 Å². The van der Waals surface area contributed by atoms with Crippen LogP contribution in [0.15, 0.2) is 30.5 Å². The third-order valence-corrected chi connectivity index (χ3v) is 6.97. The molecule has 0 saturated heterocycles. The predicted molar refractivity (Wildman–Crippen MR) is 142 cm³/mol. The minimum Gasteiger partial charge on any atom is -0.444 e. The van der Waals surface area contributed by atoms with E-state index in [0.717, 1.165) is 42.1 Å². The zero-order valence-electron chi connectivity index (χ0n) is 21.6. The summed E-state index contributed by atoms with van der Waals surface area (Å²) in [6.45, 7) is 6.03. The summed E-state index contributed by atoms with van der Waals surface area (Å²) in [5.41, 5.74) is 2.08. The molecule has 2 atom stereocenters. The van der Waals surface area contributed by atoms with E-state index < -0.39 is 17.6 Å². The van der Waals surface area contributed by atoms with Gasteiger partial charge in [-0.3, -0.25) is 14.5 Å². The first-order chi connectivity index (χ1) is 18.1. The van der Waals surface area contributed by atoms with Crippen LogP contribution in [-0.2, 0) is 17.8 Å². The number of hydrogen-bond acceptors (Lipinski definition) is 6. The fourth-order valence-corrected chi connectivity index (χ4v) is 5.08. The lowest BCUT2D eigenvalue weighted by Gasteiger charge is -2.32. The summed E-state index contributed by atoms with van der Waals surface area (Å²) in [5, 5.41) is 7.56. The fraction of sp³-hybridized carbons (Fsp3) is 0.444. The molecule has 10 nitrogen and oxygen atoms in total. The zero-order chi connectivity index (χ0) is 27.0. The van der Waals surface area contributed by atoms with Gasteiger partial charge in [-0.05, 0) is 57.9 Å². The molecule has 11 heteroatoms. The summed E-state index contributed by atoms with van der Waals surface area (Å²) >= 11 is 6.07. The molecule has 1 aliphatic carbocycles. The number of benzene rings is 1. The summed E-state index contributed by atoms with van der Waals surface area (Å²) in [6.07, 6.45) is 4.53. The smallest absolute Gasteiger partial charge is 0.410 e. The summed E-state index contributed by atoms with van der Waals surface area (Å²) in [5.74, 6) is -0.604. The van der Waals surface area contributed by atoms with Crippen molar-refractivity contribution in [2.45, 2.75) is 77.2 Å². The van der Waals surface area contributed by atoms with E-state index in [0.29, 0.717) is 23.0 Å². The van der Waals surface area contributed by atoms with Gasteiger partial charge in [-0.25, -0.2) is 14.8 Å². The van der Waals surface area contributed by atoms with Gasteiger partial charge in [-0.15, -0.1) is 0 Å². The number of nitrogens with one attached hydrogen (secondary N) is 3. The van der Waals surface area contributed by atoms with E-state index in [-0.39, 0.29) is 30.4 Å². The number of carbonyl (C=O) groups excluding carboxylic acids is 3. The molecule has 3 N–H and O–H groups in total. The Kier molecular flexibility index (Phi) is 7.00. The minimum atomic E-state index is -0.601. The van der Waals surface area contributed by atoms with Crippen LogP contribution < -0.4 is 10.6 Å². The number of H-pyrrole nitrogens is 1. The third kappa shape index (κ3) is 5.75. The number of amides is 3. The molecule has 0 radical (unpaired) electrons. The second-order valence-corrected chi connectivity index (χ2v) is 11.3. The van der Waals surface area contributed by atoms with Gasteiger partial charge in [-0.2, -0.15) is 0 Å². The fourth-order valence-electron chi connectivity index (χ4n) is 4.90. The Morgan fingerprint density at radius 1 is 1.05 bits per heavy atom. The molecule has 0 spiro atoms. The average Bonchev–Trinajstić information content (AvgIpc) is 3.47. The number of nitrogens with zero attached hydrogens (tertiary/aromatic N) is 3. The van der Waals surface area contributed by atoms with Gasteiger partial charge < -0.3 is 20.4 Å². The Balaban J connectivity index is 1.23. The Morgan fingerprint density at radius 2 is 1.76 bits per heavy atom. The molecule has 3 amide bonds. The van der Waals surface area contributed by atoms with Crippen LogP contribution in [0.25, 0.3) is 10.9 Å². The first-order valence-electron chi connectivity index (χ1n) is 12.8. The number of halogens is 1. The molecule has 1 aliphatic heterocycles. The largest absolute Gasteiger partial charge is 0.444 e. The maximum atomic E-state index is 13.1. The molecule has 200 valence electrons. The molecule has 1 aromatic carbocycles. The van der Waals surface area contributed by atoms with Crippen molar-refractivity contribution >= 4 is 40.4 Å². The van der Waals surface area contributed by atoms with E-state index in [1.807, 2.05) is 26.8 Å². The number of aromatic nitrogens is 3. The van der Waals surface area contributed by atoms with Crippen molar-refractivity contribution in [2.24, 2.45) is 0 Å². The van der Waals surface area contributed by atoms with Crippen LogP contribution in [0, 0.1) is 0 Å². The van der Waals surface area contributed by atoms with Gasteiger partial charge in [0, 0.05) is 39.8 Å². The molecular weight excluding hydrogens is 508 g/mol. The van der Waals surface area contributed by atoms with Crippen molar-refractivity contribution < 1.29 is 19.1 Å². The number of carbonyl (C=O) groups is 3. The number of aromatic amines is 1. The molecule has 2 aromatic heterocycles. The molecular formula is C27H31ClN6O4. The van der Waals surface area contributed by atoms with Crippen LogP contribution in [0.3, 0.4) is 0 Å². The Hall–Kier alpha value is -3.66.